The first kappa shape index (κ1) is 20.9. The third-order valence-electron chi connectivity index (χ3n) is 5.42. The highest BCUT2D eigenvalue weighted by molar-refractivity contribution is 5.83. The summed E-state index contributed by atoms with van der Waals surface area (Å²) in [6.45, 7) is 8.87. The Labute approximate surface area is 184 Å². The van der Waals surface area contributed by atoms with Gasteiger partial charge in [0.2, 0.25) is 5.95 Å². The summed E-state index contributed by atoms with van der Waals surface area (Å²) in [6.07, 6.45) is 2.85. The molecule has 1 aliphatic rings. The number of anilines is 4. The molecule has 0 amide bonds. The Kier molecular flexibility index (Phi) is 6.21. The van der Waals surface area contributed by atoms with Gasteiger partial charge in [-0.1, -0.05) is 37.3 Å². The average Bonchev–Trinajstić information content (AvgIpc) is 3.22. The van der Waals surface area contributed by atoms with Gasteiger partial charge in [0.25, 0.3) is 0 Å². The van der Waals surface area contributed by atoms with Crippen molar-refractivity contribution >= 4 is 23.3 Å². The molecule has 0 saturated heterocycles. The lowest BCUT2D eigenvalue weighted by atomic mass is 10.1. The van der Waals surface area contributed by atoms with Gasteiger partial charge >= 0.3 is 0 Å². The van der Waals surface area contributed by atoms with Crippen LogP contribution in [0.15, 0.2) is 48.7 Å². The van der Waals surface area contributed by atoms with E-state index < -0.39 is 0 Å². The lowest BCUT2D eigenvalue weighted by molar-refractivity contribution is 0.717. The van der Waals surface area contributed by atoms with Gasteiger partial charge in [0.1, 0.15) is 5.69 Å². The molecule has 1 aliphatic heterocycles. The average molecular weight is 418 g/mol. The first-order valence-electron chi connectivity index (χ1n) is 10.9. The monoisotopic (exact) mass is 417 g/mol. The van der Waals surface area contributed by atoms with Gasteiger partial charge in [-0.15, -0.1) is 0 Å². The predicted molar refractivity (Wildman–Crippen MR) is 129 cm³/mol. The lowest BCUT2D eigenvalue weighted by Crippen LogP contribution is -2.30. The first-order valence-corrected chi connectivity index (χ1v) is 10.9. The minimum Gasteiger partial charge on any atom is -0.362 e. The number of fused-ring (bicyclic) bond motifs is 1. The number of pyridine rings is 1. The third kappa shape index (κ3) is 4.55. The van der Waals surface area contributed by atoms with Crippen LogP contribution in [0.5, 0.6) is 0 Å². The van der Waals surface area contributed by atoms with Crippen molar-refractivity contribution in [3.05, 3.63) is 54.2 Å². The Morgan fingerprint density at radius 1 is 1.13 bits per heavy atom. The van der Waals surface area contributed by atoms with E-state index in [1.165, 1.54) is 5.56 Å². The van der Waals surface area contributed by atoms with Crippen molar-refractivity contribution < 1.29 is 0 Å². The highest BCUT2D eigenvalue weighted by Gasteiger charge is 2.28. The zero-order valence-electron chi connectivity index (χ0n) is 18.8. The molecule has 0 atom stereocenters. The van der Waals surface area contributed by atoms with E-state index in [0.717, 1.165) is 54.8 Å². The van der Waals surface area contributed by atoms with Crippen LogP contribution in [0.3, 0.4) is 0 Å². The van der Waals surface area contributed by atoms with E-state index in [4.69, 9.17) is 9.97 Å². The van der Waals surface area contributed by atoms with Crippen LogP contribution in [0, 0.1) is 0 Å². The smallest absolute Gasteiger partial charge is 0.226 e. The quantitative estimate of drug-likeness (QED) is 0.555. The molecular weight excluding hydrogens is 386 g/mol. The Bertz CT molecular complexity index is 1000. The van der Waals surface area contributed by atoms with Crippen LogP contribution in [0.4, 0.5) is 23.3 Å². The maximum Gasteiger partial charge on any atom is 0.226 e. The topological polar surface area (TPSA) is 69.2 Å². The third-order valence-corrected chi connectivity index (χ3v) is 5.42. The predicted octanol–water partition coefficient (Wildman–Crippen LogP) is 4.59. The molecule has 7 heteroatoms. The molecule has 0 unspecified atom stereocenters. The molecule has 3 heterocycles. The van der Waals surface area contributed by atoms with Crippen molar-refractivity contribution in [2.24, 2.45) is 0 Å². The van der Waals surface area contributed by atoms with Crippen molar-refractivity contribution in [3.63, 3.8) is 0 Å². The zero-order chi connectivity index (χ0) is 21.8. The maximum absolute atomic E-state index is 4.84. The highest BCUT2D eigenvalue weighted by atomic mass is 15.4. The van der Waals surface area contributed by atoms with Crippen LogP contribution in [0.25, 0.3) is 11.3 Å². The molecule has 31 heavy (non-hydrogen) atoms. The molecule has 7 nitrogen and oxygen atoms in total. The number of hydrogen-bond donors (Lipinski definition) is 2. The standard InChI is InChI=1S/C24H31N7/c1-5-13-26-24-28-22(21-23(29-24)31(16-27-21)17(2)3)30(4)15-18-9-11-19(12-10-18)20-8-6-7-14-25-20/h6-12,14,17,27H,5,13,15-16H2,1-4H3,(H,26,28,29). The number of nitrogens with zero attached hydrogens (tertiary/aromatic N) is 5. The summed E-state index contributed by atoms with van der Waals surface area (Å²) in [4.78, 5) is 18.5. The van der Waals surface area contributed by atoms with E-state index in [1.54, 1.807) is 0 Å². The van der Waals surface area contributed by atoms with Crippen molar-refractivity contribution in [1.29, 1.82) is 0 Å². The summed E-state index contributed by atoms with van der Waals surface area (Å²) in [6, 6.07) is 14.9. The maximum atomic E-state index is 4.84. The minimum absolute atomic E-state index is 0.361. The molecule has 0 bridgehead atoms. The van der Waals surface area contributed by atoms with Gasteiger partial charge < -0.3 is 20.4 Å². The largest absolute Gasteiger partial charge is 0.362 e. The molecule has 0 spiro atoms. The summed E-state index contributed by atoms with van der Waals surface area (Å²) >= 11 is 0. The summed E-state index contributed by atoms with van der Waals surface area (Å²) in [5.74, 6) is 2.57. The fourth-order valence-electron chi connectivity index (χ4n) is 3.72. The Morgan fingerprint density at radius 3 is 2.61 bits per heavy atom. The molecule has 0 radical (unpaired) electrons. The van der Waals surface area contributed by atoms with Crippen LogP contribution in [-0.2, 0) is 6.54 Å². The summed E-state index contributed by atoms with van der Waals surface area (Å²) in [5, 5.41) is 6.86. The van der Waals surface area contributed by atoms with Crippen LogP contribution >= 0.6 is 0 Å². The minimum atomic E-state index is 0.361. The molecule has 3 aromatic rings. The molecule has 2 N–H and O–H groups in total. The van der Waals surface area contributed by atoms with Gasteiger partial charge in [0, 0.05) is 37.9 Å². The van der Waals surface area contributed by atoms with Gasteiger partial charge in [0.15, 0.2) is 11.6 Å². The van der Waals surface area contributed by atoms with E-state index in [0.29, 0.717) is 12.0 Å². The van der Waals surface area contributed by atoms with E-state index in [1.807, 2.05) is 24.4 Å². The fourth-order valence-corrected chi connectivity index (χ4v) is 3.72. The van der Waals surface area contributed by atoms with Crippen LogP contribution in [-0.4, -0.2) is 41.3 Å². The summed E-state index contributed by atoms with van der Waals surface area (Å²) < 4.78 is 0. The second kappa shape index (κ2) is 9.20. The van der Waals surface area contributed by atoms with Crippen molar-refractivity contribution in [1.82, 2.24) is 15.0 Å². The summed E-state index contributed by atoms with van der Waals surface area (Å²) in [5.41, 5.74) is 4.33. The number of benzene rings is 1. The van der Waals surface area contributed by atoms with Crippen molar-refractivity contribution in [3.8, 4) is 11.3 Å². The highest BCUT2D eigenvalue weighted by Crippen LogP contribution is 2.39. The van der Waals surface area contributed by atoms with Crippen LogP contribution in [0.1, 0.15) is 32.8 Å². The van der Waals surface area contributed by atoms with Gasteiger partial charge in [-0.25, -0.2) is 0 Å². The normalized spacial score (nSPS) is 12.6. The van der Waals surface area contributed by atoms with E-state index in [2.05, 4.69) is 77.5 Å². The van der Waals surface area contributed by atoms with Crippen molar-refractivity contribution in [2.45, 2.75) is 39.8 Å². The van der Waals surface area contributed by atoms with Crippen LogP contribution < -0.4 is 20.4 Å². The molecular formula is C24H31N7. The molecule has 0 saturated carbocycles. The van der Waals surface area contributed by atoms with E-state index in [-0.39, 0.29) is 0 Å². The Balaban J connectivity index is 1.58. The Morgan fingerprint density at radius 2 is 1.94 bits per heavy atom. The molecule has 2 aromatic heterocycles. The van der Waals surface area contributed by atoms with E-state index in [9.17, 15) is 0 Å². The van der Waals surface area contributed by atoms with E-state index >= 15 is 0 Å². The number of aromatic nitrogens is 3. The SMILES string of the molecule is CCCNc1nc(N(C)Cc2ccc(-c3ccccn3)cc2)c2c(n1)N(C(C)C)CN2. The van der Waals surface area contributed by atoms with Crippen molar-refractivity contribution in [2.75, 3.05) is 40.7 Å². The number of nitrogens with one attached hydrogen (secondary N) is 2. The molecule has 0 fully saturated rings. The van der Waals surface area contributed by atoms with Crippen LogP contribution in [0.2, 0.25) is 0 Å². The summed E-state index contributed by atoms with van der Waals surface area (Å²) in [7, 11) is 2.08. The number of rotatable bonds is 8. The number of hydrogen-bond acceptors (Lipinski definition) is 7. The second-order valence-corrected chi connectivity index (χ2v) is 8.16. The molecule has 1 aromatic carbocycles. The Hall–Kier alpha value is -3.35. The first-order chi connectivity index (χ1) is 15.1. The zero-order valence-corrected chi connectivity index (χ0v) is 18.8. The second-order valence-electron chi connectivity index (χ2n) is 8.16. The van der Waals surface area contributed by atoms with Gasteiger partial charge in [-0.05, 0) is 38.0 Å². The molecule has 4 rings (SSSR count). The molecule has 0 aliphatic carbocycles. The molecule has 162 valence electrons. The van der Waals surface area contributed by atoms with Gasteiger partial charge in [-0.2, -0.15) is 9.97 Å². The fraction of sp³-hybridized carbons (Fsp3) is 0.375. The van der Waals surface area contributed by atoms with Gasteiger partial charge in [0.05, 0.1) is 12.4 Å². The van der Waals surface area contributed by atoms with Gasteiger partial charge in [-0.3, -0.25) is 4.98 Å². The lowest BCUT2D eigenvalue weighted by Gasteiger charge is -2.24.